The van der Waals surface area contributed by atoms with Crippen molar-refractivity contribution in [3.63, 3.8) is 0 Å². The van der Waals surface area contributed by atoms with Crippen molar-refractivity contribution in [1.29, 1.82) is 0 Å². The number of likely N-dealkylation sites (tertiary alicyclic amines) is 1. The fourth-order valence-electron chi connectivity index (χ4n) is 3.41. The average Bonchev–Trinajstić information content (AvgIpc) is 2.64. The van der Waals surface area contributed by atoms with Gasteiger partial charge in [0.1, 0.15) is 5.75 Å². The van der Waals surface area contributed by atoms with Crippen LogP contribution in [0.25, 0.3) is 10.8 Å². The molecule has 2 N–H and O–H groups in total. The Bertz CT molecular complexity index is 765. The van der Waals surface area contributed by atoms with Crippen LogP contribution < -0.4 is 5.43 Å². The number of aromatic hydroxyl groups is 1. The Kier molecular flexibility index (Phi) is 5.66. The number of nitrogens with zero attached hydrogens (tertiary/aromatic N) is 2. The first-order chi connectivity index (χ1) is 12.2. The Morgan fingerprint density at radius 3 is 2.80 bits per heavy atom. The molecule has 3 rings (SSSR count). The maximum Gasteiger partial charge on any atom is 0.243 e. The van der Waals surface area contributed by atoms with Crippen molar-refractivity contribution in [3.8, 4) is 5.75 Å². The van der Waals surface area contributed by atoms with Crippen LogP contribution in [0.15, 0.2) is 41.5 Å². The molecule has 0 radical (unpaired) electrons. The van der Waals surface area contributed by atoms with Crippen molar-refractivity contribution in [2.75, 3.05) is 19.6 Å². The summed E-state index contributed by atoms with van der Waals surface area (Å²) in [5, 5.41) is 16.1. The van der Waals surface area contributed by atoms with Crippen LogP contribution in [0.2, 0.25) is 0 Å². The second-order valence-electron chi connectivity index (χ2n) is 6.57. The number of rotatable bonds is 5. The molecule has 0 saturated carbocycles. The number of carbonyl (C=O) groups is 1. The number of phenolic OH excluding ortho intramolecular Hbond substituents is 1. The summed E-state index contributed by atoms with van der Waals surface area (Å²) in [7, 11) is 0. The first kappa shape index (κ1) is 17.4. The van der Waals surface area contributed by atoms with Gasteiger partial charge in [0.15, 0.2) is 0 Å². The van der Waals surface area contributed by atoms with E-state index in [2.05, 4.69) is 22.4 Å². The smallest absolute Gasteiger partial charge is 0.243 e. The molecule has 1 heterocycles. The molecule has 0 atom stereocenters. The van der Waals surface area contributed by atoms with Gasteiger partial charge in [0.2, 0.25) is 5.91 Å². The quantitative estimate of drug-likeness (QED) is 0.650. The van der Waals surface area contributed by atoms with Gasteiger partial charge in [-0.25, -0.2) is 5.43 Å². The lowest BCUT2D eigenvalue weighted by Crippen LogP contribution is -2.39. The number of carbonyl (C=O) groups excluding carboxylic acids is 1. The first-order valence-electron chi connectivity index (χ1n) is 8.95. The zero-order chi connectivity index (χ0) is 17.6. The van der Waals surface area contributed by atoms with Gasteiger partial charge in [0.05, 0.1) is 6.21 Å². The van der Waals surface area contributed by atoms with Crippen molar-refractivity contribution < 1.29 is 9.90 Å². The summed E-state index contributed by atoms with van der Waals surface area (Å²) in [5.41, 5.74) is 3.26. The lowest BCUT2D eigenvalue weighted by Gasteiger charge is -2.30. The number of piperidine rings is 1. The van der Waals surface area contributed by atoms with Crippen molar-refractivity contribution in [1.82, 2.24) is 10.3 Å². The van der Waals surface area contributed by atoms with Gasteiger partial charge in [-0.2, -0.15) is 5.10 Å². The molecule has 1 aliphatic rings. The highest BCUT2D eigenvalue weighted by Crippen LogP contribution is 2.25. The van der Waals surface area contributed by atoms with Crippen molar-refractivity contribution in [2.24, 2.45) is 11.0 Å². The third kappa shape index (κ3) is 4.17. The van der Waals surface area contributed by atoms with E-state index in [4.69, 9.17) is 0 Å². The van der Waals surface area contributed by atoms with Gasteiger partial charge in [0.25, 0.3) is 0 Å². The normalized spacial score (nSPS) is 16.5. The van der Waals surface area contributed by atoms with Crippen LogP contribution in [-0.4, -0.2) is 41.8 Å². The van der Waals surface area contributed by atoms with Gasteiger partial charge in [-0.3, -0.25) is 4.79 Å². The summed E-state index contributed by atoms with van der Waals surface area (Å²) in [5.74, 6) is 0.142. The monoisotopic (exact) mass is 339 g/mol. The van der Waals surface area contributed by atoms with E-state index >= 15 is 0 Å². The average molecular weight is 339 g/mol. The molecule has 0 aromatic heterocycles. The number of hydrogen-bond acceptors (Lipinski definition) is 4. The van der Waals surface area contributed by atoms with Crippen LogP contribution in [0, 0.1) is 5.92 Å². The van der Waals surface area contributed by atoms with Gasteiger partial charge in [0, 0.05) is 11.5 Å². The predicted molar refractivity (Wildman–Crippen MR) is 101 cm³/mol. The van der Waals surface area contributed by atoms with E-state index in [0.29, 0.717) is 5.56 Å². The second-order valence-corrected chi connectivity index (χ2v) is 6.57. The molecular formula is C20H25N3O2. The molecule has 0 aliphatic carbocycles. The van der Waals surface area contributed by atoms with Crippen molar-refractivity contribution >= 4 is 22.9 Å². The lowest BCUT2D eigenvalue weighted by atomic mass is 9.96. The molecule has 25 heavy (non-hydrogen) atoms. The van der Waals surface area contributed by atoms with E-state index in [1.807, 2.05) is 30.3 Å². The molecule has 0 bridgehead atoms. The molecule has 1 aliphatic heterocycles. The minimum atomic E-state index is -0.0351. The van der Waals surface area contributed by atoms with Gasteiger partial charge in [-0.05, 0) is 55.7 Å². The Balaban J connectivity index is 1.62. The molecule has 2 aromatic carbocycles. The van der Waals surface area contributed by atoms with Crippen molar-refractivity contribution in [3.05, 3.63) is 42.0 Å². The fourth-order valence-corrected chi connectivity index (χ4v) is 3.41. The fraction of sp³-hybridized carbons (Fsp3) is 0.400. The summed E-state index contributed by atoms with van der Waals surface area (Å²) in [6, 6.07) is 11.3. The Morgan fingerprint density at radius 2 is 2.04 bits per heavy atom. The SMILES string of the molecule is CCCN1CCC(C(=O)NN=Cc2c(O)ccc3ccccc23)CC1. The third-order valence-corrected chi connectivity index (χ3v) is 4.81. The predicted octanol–water partition coefficient (Wildman–Crippen LogP) is 3.12. The largest absolute Gasteiger partial charge is 0.507 e. The van der Waals surface area contributed by atoms with Crippen LogP contribution in [0.3, 0.4) is 0 Å². The molecular weight excluding hydrogens is 314 g/mol. The Hall–Kier alpha value is -2.40. The van der Waals surface area contributed by atoms with Crippen molar-refractivity contribution in [2.45, 2.75) is 26.2 Å². The van der Waals surface area contributed by atoms with E-state index in [0.717, 1.165) is 49.7 Å². The summed E-state index contributed by atoms with van der Waals surface area (Å²) in [4.78, 5) is 14.7. The van der Waals surface area contributed by atoms with Gasteiger partial charge in [-0.1, -0.05) is 37.3 Å². The number of benzene rings is 2. The molecule has 2 aromatic rings. The number of nitrogens with one attached hydrogen (secondary N) is 1. The zero-order valence-electron chi connectivity index (χ0n) is 14.6. The zero-order valence-corrected chi connectivity index (χ0v) is 14.6. The minimum absolute atomic E-state index is 0.0198. The standard InChI is InChI=1S/C20H25N3O2/c1-2-11-23-12-9-16(10-13-23)20(25)22-21-14-18-17-6-4-3-5-15(17)7-8-19(18)24/h3-8,14,16,24H,2,9-13H2,1H3,(H,22,25). The number of phenols is 1. The summed E-state index contributed by atoms with van der Waals surface area (Å²) < 4.78 is 0. The maximum absolute atomic E-state index is 12.3. The summed E-state index contributed by atoms with van der Waals surface area (Å²) in [6.45, 7) is 5.22. The molecule has 0 spiro atoms. The molecule has 5 heteroatoms. The topological polar surface area (TPSA) is 64.9 Å². The lowest BCUT2D eigenvalue weighted by molar-refractivity contribution is -0.126. The van der Waals surface area contributed by atoms with Crippen LogP contribution in [-0.2, 0) is 4.79 Å². The van der Waals surface area contributed by atoms with Crippen LogP contribution in [0.5, 0.6) is 5.75 Å². The molecule has 1 saturated heterocycles. The van der Waals surface area contributed by atoms with Crippen LogP contribution in [0.1, 0.15) is 31.7 Å². The van der Waals surface area contributed by atoms with Gasteiger partial charge < -0.3 is 10.0 Å². The van der Waals surface area contributed by atoms with Crippen LogP contribution in [0.4, 0.5) is 0 Å². The van der Waals surface area contributed by atoms with Gasteiger partial charge >= 0.3 is 0 Å². The van der Waals surface area contributed by atoms with Gasteiger partial charge in [-0.15, -0.1) is 0 Å². The molecule has 1 fully saturated rings. The summed E-state index contributed by atoms with van der Waals surface area (Å²) >= 11 is 0. The Labute approximate surface area is 148 Å². The van der Waals surface area contributed by atoms with E-state index in [-0.39, 0.29) is 17.6 Å². The summed E-state index contributed by atoms with van der Waals surface area (Å²) in [6.07, 6.45) is 4.43. The van der Waals surface area contributed by atoms with E-state index < -0.39 is 0 Å². The van der Waals surface area contributed by atoms with E-state index in [1.54, 1.807) is 6.07 Å². The van der Waals surface area contributed by atoms with E-state index in [9.17, 15) is 9.90 Å². The number of fused-ring (bicyclic) bond motifs is 1. The highest BCUT2D eigenvalue weighted by molar-refractivity contribution is 6.02. The van der Waals surface area contributed by atoms with E-state index in [1.165, 1.54) is 6.21 Å². The third-order valence-electron chi connectivity index (χ3n) is 4.81. The number of hydrogen-bond donors (Lipinski definition) is 2. The highest BCUT2D eigenvalue weighted by atomic mass is 16.3. The minimum Gasteiger partial charge on any atom is -0.507 e. The molecule has 0 unspecified atom stereocenters. The second kappa shape index (κ2) is 8.12. The highest BCUT2D eigenvalue weighted by Gasteiger charge is 2.24. The molecule has 5 nitrogen and oxygen atoms in total. The number of amides is 1. The number of hydrazone groups is 1. The molecule has 132 valence electrons. The maximum atomic E-state index is 12.3. The molecule has 1 amide bonds. The Morgan fingerprint density at radius 1 is 1.28 bits per heavy atom. The first-order valence-corrected chi connectivity index (χ1v) is 8.95. The van der Waals surface area contributed by atoms with Crippen LogP contribution >= 0.6 is 0 Å².